The predicted octanol–water partition coefficient (Wildman–Crippen LogP) is 1.09. The highest BCUT2D eigenvalue weighted by atomic mass is 79.9. The topological polar surface area (TPSA) is 61.7 Å². The van der Waals surface area contributed by atoms with Crippen LogP contribution in [0.5, 0.6) is 0 Å². The van der Waals surface area contributed by atoms with Crippen LogP contribution in [0.1, 0.15) is 5.56 Å². The van der Waals surface area contributed by atoms with Crippen molar-refractivity contribution in [2.75, 3.05) is 19.8 Å². The van der Waals surface area contributed by atoms with Crippen LogP contribution in [0, 0.1) is 0 Å². The number of rotatable bonds is 4. The summed E-state index contributed by atoms with van der Waals surface area (Å²) in [6.07, 6.45) is 1.60. The lowest BCUT2D eigenvalue weighted by molar-refractivity contribution is 0.0844. The Kier molecular flexibility index (Phi) is 4.53. The molecule has 0 bridgehead atoms. The number of aliphatic hydroxyl groups excluding tert-OH is 2. The van der Waals surface area contributed by atoms with Crippen molar-refractivity contribution in [3.05, 3.63) is 40.4 Å². The van der Waals surface area contributed by atoms with Gasteiger partial charge in [-0.3, -0.25) is 5.32 Å². The smallest absolute Gasteiger partial charge is 0.141 e. The lowest BCUT2D eigenvalue weighted by atomic mass is 10.1. The Morgan fingerprint density at radius 2 is 2.06 bits per heavy atom. The van der Waals surface area contributed by atoms with Crippen molar-refractivity contribution in [3.8, 4) is 0 Å². The Labute approximate surface area is 114 Å². The van der Waals surface area contributed by atoms with E-state index in [2.05, 4.69) is 21.2 Å². The quantitative estimate of drug-likeness (QED) is 0.779. The van der Waals surface area contributed by atoms with E-state index in [4.69, 9.17) is 4.74 Å². The third-order valence-corrected chi connectivity index (χ3v) is 3.57. The summed E-state index contributed by atoms with van der Waals surface area (Å²) in [6, 6.07) is 9.85. The highest BCUT2D eigenvalue weighted by molar-refractivity contribution is 9.11. The molecule has 0 aliphatic carbocycles. The Hall–Kier alpha value is -0.720. The van der Waals surface area contributed by atoms with Crippen molar-refractivity contribution in [3.63, 3.8) is 0 Å². The first kappa shape index (κ1) is 13.7. The number of aliphatic hydroxyl groups is 2. The van der Waals surface area contributed by atoms with Crippen LogP contribution in [0.15, 0.2) is 34.8 Å². The van der Waals surface area contributed by atoms with Crippen LogP contribution in [0.3, 0.4) is 0 Å². The molecule has 1 fully saturated rings. The van der Waals surface area contributed by atoms with Gasteiger partial charge in [-0.1, -0.05) is 46.3 Å². The van der Waals surface area contributed by atoms with Gasteiger partial charge in [-0.15, -0.1) is 0 Å². The molecule has 0 amide bonds. The molecule has 1 atom stereocenters. The summed E-state index contributed by atoms with van der Waals surface area (Å²) in [6.45, 7) is -0.0420. The summed E-state index contributed by atoms with van der Waals surface area (Å²) < 4.78 is 6.37. The van der Waals surface area contributed by atoms with Crippen molar-refractivity contribution in [1.29, 1.82) is 0 Å². The van der Waals surface area contributed by atoms with E-state index in [1.54, 1.807) is 0 Å². The number of halogens is 1. The first-order valence-electron chi connectivity index (χ1n) is 5.72. The number of ether oxygens (including phenoxy) is 1. The zero-order valence-corrected chi connectivity index (χ0v) is 11.4. The Balaban J connectivity index is 2.08. The molecular formula is C13H16BrNO3. The molecule has 18 heavy (non-hydrogen) atoms. The SMILES string of the molecule is OCC1(CO)CO[C@@H](/C(Br)=C/c2ccccc2)N1. The van der Waals surface area contributed by atoms with Gasteiger partial charge in [0.1, 0.15) is 6.23 Å². The summed E-state index contributed by atoms with van der Waals surface area (Å²) >= 11 is 3.46. The van der Waals surface area contributed by atoms with Gasteiger partial charge in [0, 0.05) is 4.48 Å². The van der Waals surface area contributed by atoms with Gasteiger partial charge in [0.05, 0.1) is 25.4 Å². The molecule has 3 N–H and O–H groups in total. The van der Waals surface area contributed by atoms with Gasteiger partial charge in [0.25, 0.3) is 0 Å². The lowest BCUT2D eigenvalue weighted by Crippen LogP contribution is -2.51. The van der Waals surface area contributed by atoms with Crippen LogP contribution in [0.4, 0.5) is 0 Å². The maximum absolute atomic E-state index is 9.27. The molecule has 4 nitrogen and oxygen atoms in total. The molecule has 0 saturated carbocycles. The lowest BCUT2D eigenvalue weighted by Gasteiger charge is -2.23. The zero-order valence-electron chi connectivity index (χ0n) is 9.84. The Morgan fingerprint density at radius 3 is 2.61 bits per heavy atom. The molecule has 1 aromatic carbocycles. The zero-order chi connectivity index (χ0) is 13.0. The van der Waals surface area contributed by atoms with Crippen LogP contribution in [-0.2, 0) is 4.74 Å². The van der Waals surface area contributed by atoms with Gasteiger partial charge in [-0.25, -0.2) is 0 Å². The van der Waals surface area contributed by atoms with E-state index in [1.165, 1.54) is 0 Å². The molecular weight excluding hydrogens is 298 g/mol. The minimum absolute atomic E-state index is 0.161. The highest BCUT2D eigenvalue weighted by Gasteiger charge is 2.39. The molecule has 1 aliphatic heterocycles. The normalized spacial score (nSPS) is 23.3. The van der Waals surface area contributed by atoms with Crippen molar-refractivity contribution in [1.82, 2.24) is 5.32 Å². The fourth-order valence-electron chi connectivity index (χ4n) is 1.77. The van der Waals surface area contributed by atoms with Gasteiger partial charge >= 0.3 is 0 Å². The predicted molar refractivity (Wildman–Crippen MR) is 73.1 cm³/mol. The average molecular weight is 314 g/mol. The minimum atomic E-state index is -0.756. The van der Waals surface area contributed by atoms with Gasteiger partial charge in [-0.2, -0.15) is 0 Å². The van der Waals surface area contributed by atoms with Crippen molar-refractivity contribution < 1.29 is 14.9 Å². The summed E-state index contributed by atoms with van der Waals surface area (Å²) in [5.41, 5.74) is 0.300. The van der Waals surface area contributed by atoms with E-state index in [0.717, 1.165) is 10.0 Å². The van der Waals surface area contributed by atoms with Crippen LogP contribution >= 0.6 is 15.9 Å². The molecule has 1 heterocycles. The van der Waals surface area contributed by atoms with E-state index in [-0.39, 0.29) is 26.0 Å². The molecule has 0 unspecified atom stereocenters. The van der Waals surface area contributed by atoms with E-state index in [9.17, 15) is 10.2 Å². The fraction of sp³-hybridized carbons (Fsp3) is 0.385. The summed E-state index contributed by atoms with van der Waals surface area (Å²) in [7, 11) is 0. The Morgan fingerprint density at radius 1 is 1.39 bits per heavy atom. The van der Waals surface area contributed by atoms with Crippen LogP contribution in [0.25, 0.3) is 6.08 Å². The van der Waals surface area contributed by atoms with E-state index in [1.807, 2.05) is 36.4 Å². The average Bonchev–Trinajstić information content (AvgIpc) is 2.85. The molecule has 0 aromatic heterocycles. The summed E-state index contributed by atoms with van der Waals surface area (Å²) in [4.78, 5) is 0. The molecule has 1 aromatic rings. The van der Waals surface area contributed by atoms with Crippen molar-refractivity contribution in [2.24, 2.45) is 0 Å². The Bertz CT molecular complexity index is 418. The highest BCUT2D eigenvalue weighted by Crippen LogP contribution is 2.24. The molecule has 1 saturated heterocycles. The third kappa shape index (κ3) is 2.99. The van der Waals surface area contributed by atoms with Crippen molar-refractivity contribution >= 4 is 22.0 Å². The fourth-order valence-corrected chi connectivity index (χ4v) is 2.28. The molecule has 2 rings (SSSR count). The van der Waals surface area contributed by atoms with Crippen LogP contribution in [0.2, 0.25) is 0 Å². The maximum atomic E-state index is 9.27. The number of nitrogens with one attached hydrogen (secondary N) is 1. The number of hydrogen-bond donors (Lipinski definition) is 3. The van der Waals surface area contributed by atoms with Crippen molar-refractivity contribution in [2.45, 2.75) is 11.8 Å². The maximum Gasteiger partial charge on any atom is 0.141 e. The van der Waals surface area contributed by atoms with E-state index < -0.39 is 5.54 Å². The molecule has 98 valence electrons. The largest absolute Gasteiger partial charge is 0.394 e. The van der Waals surface area contributed by atoms with E-state index in [0.29, 0.717) is 0 Å². The molecule has 5 heteroatoms. The first-order chi connectivity index (χ1) is 8.69. The monoisotopic (exact) mass is 313 g/mol. The molecule has 0 radical (unpaired) electrons. The summed E-state index contributed by atoms with van der Waals surface area (Å²) in [5.74, 6) is 0. The summed E-state index contributed by atoms with van der Waals surface area (Å²) in [5, 5.41) is 21.6. The second-order valence-corrected chi connectivity index (χ2v) is 5.29. The van der Waals surface area contributed by atoms with Gasteiger partial charge in [-0.05, 0) is 11.6 Å². The first-order valence-corrected chi connectivity index (χ1v) is 6.51. The number of benzene rings is 1. The standard InChI is InChI=1S/C13H16BrNO3/c14-11(6-10-4-2-1-3-5-10)12-15-13(7-16,8-17)9-18-12/h1-6,12,15-17H,7-9H2/b11-6-/t12-/m0/s1. The third-order valence-electron chi connectivity index (χ3n) is 2.92. The number of hydrogen-bond acceptors (Lipinski definition) is 4. The second-order valence-electron chi connectivity index (χ2n) is 4.37. The van der Waals surface area contributed by atoms with Gasteiger partial charge in [0.15, 0.2) is 0 Å². The van der Waals surface area contributed by atoms with E-state index >= 15 is 0 Å². The molecule has 1 aliphatic rings. The van der Waals surface area contributed by atoms with Gasteiger partial charge < -0.3 is 14.9 Å². The van der Waals surface area contributed by atoms with Crippen LogP contribution in [-0.4, -0.2) is 41.8 Å². The molecule has 0 spiro atoms. The van der Waals surface area contributed by atoms with Crippen LogP contribution < -0.4 is 5.32 Å². The minimum Gasteiger partial charge on any atom is -0.394 e. The second kappa shape index (κ2) is 5.95. The van der Waals surface area contributed by atoms with Gasteiger partial charge in [0.2, 0.25) is 0 Å².